The fraction of sp³-hybridized carbons (Fsp3) is 0.182. The molecule has 0 bridgehead atoms. The number of thiocarbonyl (C=S) groups is 1. The monoisotopic (exact) mass is 208 g/mol. The number of thioether (sulfide) groups is 1. The lowest BCUT2D eigenvalue weighted by molar-refractivity contribution is 1.58. The molecule has 0 saturated carbocycles. The Labute approximate surface area is 89.0 Å². The summed E-state index contributed by atoms with van der Waals surface area (Å²) in [6, 6.07) is 10.3. The van der Waals surface area contributed by atoms with E-state index in [-0.39, 0.29) is 0 Å². The van der Waals surface area contributed by atoms with Crippen molar-refractivity contribution < 1.29 is 0 Å². The van der Waals surface area contributed by atoms with Crippen molar-refractivity contribution >= 4 is 33.7 Å². The minimum Gasteiger partial charge on any atom is -0.118 e. The molecule has 0 radical (unpaired) electrons. The first-order valence-corrected chi connectivity index (χ1v) is 5.69. The molecule has 0 heterocycles. The summed E-state index contributed by atoms with van der Waals surface area (Å²) in [6.45, 7) is 2.08. The lowest BCUT2D eigenvalue weighted by Gasteiger charge is -2.00. The molecule has 0 aliphatic carbocycles. The maximum Gasteiger partial charge on any atom is 0.0705 e. The van der Waals surface area contributed by atoms with Crippen LogP contribution in [0, 0.1) is 0 Å². The summed E-state index contributed by atoms with van der Waals surface area (Å²) in [6.07, 6.45) is 4.03. The van der Waals surface area contributed by atoms with E-state index in [9.17, 15) is 0 Å². The zero-order chi connectivity index (χ0) is 9.68. The Hall–Kier alpha value is -0.600. The van der Waals surface area contributed by atoms with E-state index in [1.54, 1.807) is 11.8 Å². The summed E-state index contributed by atoms with van der Waals surface area (Å²) in [5, 5.41) is 0. The smallest absolute Gasteiger partial charge is 0.0705 e. The molecule has 0 aliphatic rings. The molecule has 0 N–H and O–H groups in total. The van der Waals surface area contributed by atoms with Crippen LogP contribution in [-0.4, -0.2) is 10.5 Å². The van der Waals surface area contributed by atoms with Gasteiger partial charge in [-0.15, -0.1) is 11.8 Å². The third kappa shape index (κ3) is 3.33. The highest BCUT2D eigenvalue weighted by atomic mass is 32.2. The lowest BCUT2D eigenvalue weighted by atomic mass is 10.1. The van der Waals surface area contributed by atoms with E-state index in [2.05, 4.69) is 19.1 Å². The molecule has 0 amide bonds. The van der Waals surface area contributed by atoms with Gasteiger partial charge in [0.05, 0.1) is 4.20 Å². The fourth-order valence-electron chi connectivity index (χ4n) is 1.02. The van der Waals surface area contributed by atoms with E-state index < -0.39 is 0 Å². The summed E-state index contributed by atoms with van der Waals surface area (Å²) in [5.74, 6) is 0. The molecule has 0 saturated heterocycles. The van der Waals surface area contributed by atoms with Crippen molar-refractivity contribution in [2.75, 3.05) is 6.26 Å². The maximum atomic E-state index is 5.12. The molecule has 0 nitrogen and oxygen atoms in total. The number of hydrogen-bond acceptors (Lipinski definition) is 2. The highest BCUT2D eigenvalue weighted by Crippen LogP contribution is 2.14. The van der Waals surface area contributed by atoms with E-state index in [4.69, 9.17) is 12.2 Å². The zero-order valence-electron chi connectivity index (χ0n) is 7.78. The first-order chi connectivity index (χ1) is 6.24. The van der Waals surface area contributed by atoms with Gasteiger partial charge in [0.2, 0.25) is 0 Å². The van der Waals surface area contributed by atoms with Gasteiger partial charge >= 0.3 is 0 Å². The average Bonchev–Trinajstić information content (AvgIpc) is 2.19. The zero-order valence-corrected chi connectivity index (χ0v) is 9.41. The molecule has 0 spiro atoms. The molecular weight excluding hydrogens is 196 g/mol. The van der Waals surface area contributed by atoms with Crippen LogP contribution in [0.1, 0.15) is 12.5 Å². The quantitative estimate of drug-likeness (QED) is 0.536. The SMILES string of the molecule is CSC(=S)/C=C(/C)c1ccccc1. The molecule has 1 aromatic carbocycles. The molecule has 0 unspecified atom stereocenters. The Morgan fingerprint density at radius 1 is 1.31 bits per heavy atom. The van der Waals surface area contributed by atoms with Crippen LogP contribution in [0.25, 0.3) is 5.57 Å². The van der Waals surface area contributed by atoms with Crippen LogP contribution in [0.3, 0.4) is 0 Å². The van der Waals surface area contributed by atoms with Gasteiger partial charge in [0.15, 0.2) is 0 Å². The van der Waals surface area contributed by atoms with Gasteiger partial charge in [-0.25, -0.2) is 0 Å². The number of benzene rings is 1. The van der Waals surface area contributed by atoms with Crippen molar-refractivity contribution in [3.63, 3.8) is 0 Å². The molecule has 1 rings (SSSR count). The maximum absolute atomic E-state index is 5.12. The van der Waals surface area contributed by atoms with Crippen molar-refractivity contribution in [3.05, 3.63) is 42.0 Å². The molecule has 1 aromatic rings. The third-order valence-electron chi connectivity index (χ3n) is 1.76. The first kappa shape index (κ1) is 10.5. The number of hydrogen-bond donors (Lipinski definition) is 0. The van der Waals surface area contributed by atoms with Crippen LogP contribution in [0.2, 0.25) is 0 Å². The predicted octanol–water partition coefficient (Wildman–Crippen LogP) is 3.78. The largest absolute Gasteiger partial charge is 0.118 e. The summed E-state index contributed by atoms with van der Waals surface area (Å²) >= 11 is 6.72. The average molecular weight is 208 g/mol. The Kier molecular flexibility index (Phi) is 4.19. The van der Waals surface area contributed by atoms with Crippen LogP contribution in [-0.2, 0) is 0 Å². The fourth-order valence-corrected chi connectivity index (χ4v) is 1.49. The molecule has 0 fully saturated rings. The van der Waals surface area contributed by atoms with E-state index >= 15 is 0 Å². The molecule has 0 atom stereocenters. The second-order valence-corrected chi connectivity index (χ2v) is 4.26. The first-order valence-electron chi connectivity index (χ1n) is 4.05. The molecule has 0 aromatic heterocycles. The summed E-state index contributed by atoms with van der Waals surface area (Å²) in [5.41, 5.74) is 2.46. The van der Waals surface area contributed by atoms with Gasteiger partial charge in [-0.1, -0.05) is 42.5 Å². The van der Waals surface area contributed by atoms with Gasteiger partial charge in [-0.2, -0.15) is 0 Å². The Balaban J connectivity index is 2.85. The standard InChI is InChI=1S/C11H12S2/c1-9(8-11(12)13-2)10-6-4-3-5-7-10/h3-8H,1-2H3/b9-8-. The number of rotatable bonds is 2. The van der Waals surface area contributed by atoms with Gasteiger partial charge < -0.3 is 0 Å². The topological polar surface area (TPSA) is 0 Å². The van der Waals surface area contributed by atoms with Crippen LogP contribution >= 0.6 is 24.0 Å². The molecule has 68 valence electrons. The molecule has 13 heavy (non-hydrogen) atoms. The minimum atomic E-state index is 0.932. The van der Waals surface area contributed by atoms with Gasteiger partial charge in [0.25, 0.3) is 0 Å². The predicted molar refractivity (Wildman–Crippen MR) is 66.2 cm³/mol. The van der Waals surface area contributed by atoms with Crippen LogP contribution < -0.4 is 0 Å². The molecule has 2 heteroatoms. The number of allylic oxidation sites excluding steroid dienone is 1. The van der Waals surface area contributed by atoms with Crippen LogP contribution in [0.15, 0.2) is 36.4 Å². The third-order valence-corrected chi connectivity index (χ3v) is 2.90. The van der Waals surface area contributed by atoms with Crippen molar-refractivity contribution in [3.8, 4) is 0 Å². The lowest BCUT2D eigenvalue weighted by Crippen LogP contribution is -1.83. The van der Waals surface area contributed by atoms with Crippen molar-refractivity contribution in [2.45, 2.75) is 6.92 Å². The van der Waals surface area contributed by atoms with Crippen molar-refractivity contribution in [2.24, 2.45) is 0 Å². The molecular formula is C11H12S2. The Morgan fingerprint density at radius 2 is 1.92 bits per heavy atom. The minimum absolute atomic E-state index is 0.932. The second kappa shape index (κ2) is 5.20. The van der Waals surface area contributed by atoms with E-state index in [0.29, 0.717) is 0 Å². The van der Waals surface area contributed by atoms with Gasteiger partial charge in [-0.05, 0) is 30.4 Å². The summed E-state index contributed by atoms with van der Waals surface area (Å²) < 4.78 is 0.932. The van der Waals surface area contributed by atoms with Gasteiger partial charge in [-0.3, -0.25) is 0 Å². The second-order valence-electron chi connectivity index (χ2n) is 2.72. The normalized spacial score (nSPS) is 11.4. The van der Waals surface area contributed by atoms with Crippen molar-refractivity contribution in [1.82, 2.24) is 0 Å². The summed E-state index contributed by atoms with van der Waals surface area (Å²) in [7, 11) is 0. The van der Waals surface area contributed by atoms with Crippen LogP contribution in [0.4, 0.5) is 0 Å². The van der Waals surface area contributed by atoms with Crippen molar-refractivity contribution in [1.29, 1.82) is 0 Å². The van der Waals surface area contributed by atoms with E-state index in [1.165, 1.54) is 11.1 Å². The summed E-state index contributed by atoms with van der Waals surface area (Å²) in [4.78, 5) is 0. The Bertz CT molecular complexity index is 312. The van der Waals surface area contributed by atoms with E-state index in [1.807, 2.05) is 30.5 Å². The Morgan fingerprint density at radius 3 is 2.46 bits per heavy atom. The van der Waals surface area contributed by atoms with Crippen LogP contribution in [0.5, 0.6) is 0 Å². The van der Waals surface area contributed by atoms with E-state index in [0.717, 1.165) is 4.20 Å². The van der Waals surface area contributed by atoms with Gasteiger partial charge in [0, 0.05) is 0 Å². The highest BCUT2D eigenvalue weighted by Gasteiger charge is 1.94. The molecule has 0 aliphatic heterocycles. The highest BCUT2D eigenvalue weighted by molar-refractivity contribution is 8.23. The van der Waals surface area contributed by atoms with Gasteiger partial charge in [0.1, 0.15) is 0 Å².